The summed E-state index contributed by atoms with van der Waals surface area (Å²) in [6.45, 7) is 4.81. The Bertz CT molecular complexity index is 2720. The zero-order valence-corrected chi connectivity index (χ0v) is 37.3. The summed E-state index contributed by atoms with van der Waals surface area (Å²) in [5.74, 6) is 0.375. The molecule has 0 spiro atoms. The van der Waals surface area contributed by atoms with Crippen LogP contribution in [0.4, 0.5) is 14.4 Å². The molecule has 18 nitrogen and oxygen atoms in total. The Labute approximate surface area is 381 Å². The van der Waals surface area contributed by atoms with Crippen LogP contribution in [-0.2, 0) is 23.8 Å². The highest BCUT2D eigenvalue weighted by Gasteiger charge is 2.40. The number of pyridine rings is 1. The number of rotatable bonds is 11. The Hall–Kier alpha value is -7.76. The SMILES string of the molecule is COC(=O)N[C@H](C(=O)N1CCN(C(=O)OC)C[C@H]1c1ncc(-c2ccc(-c3ccc4cc(-c5cnc([C@@H]6CCCN6C(=O)[C@H](NC(=O)OC)c6ccccc6)[nH]5)ccc4n3)cc2)[nH]1)C(C)C. The fraction of sp³-hybridized carbons (Fsp3) is 0.333. The molecule has 5 heterocycles. The molecular weight excluding hydrogens is 845 g/mol. The van der Waals surface area contributed by atoms with Gasteiger partial charge in [0.2, 0.25) is 5.91 Å². The van der Waals surface area contributed by atoms with Gasteiger partial charge in [0.1, 0.15) is 29.8 Å². The lowest BCUT2D eigenvalue weighted by molar-refractivity contribution is -0.139. The van der Waals surface area contributed by atoms with Crippen LogP contribution in [0, 0.1) is 5.92 Å². The molecule has 2 aliphatic rings. The van der Waals surface area contributed by atoms with Crippen molar-refractivity contribution >= 4 is 41.0 Å². The van der Waals surface area contributed by atoms with Gasteiger partial charge >= 0.3 is 18.3 Å². The average Bonchev–Trinajstić information content (AvgIpc) is 4.16. The van der Waals surface area contributed by atoms with Gasteiger partial charge in [-0.15, -0.1) is 0 Å². The van der Waals surface area contributed by atoms with Crippen LogP contribution in [0.2, 0.25) is 0 Å². The third-order valence-corrected chi connectivity index (χ3v) is 12.2. The first-order valence-corrected chi connectivity index (χ1v) is 21.8. The van der Waals surface area contributed by atoms with Gasteiger partial charge < -0.3 is 49.5 Å². The van der Waals surface area contributed by atoms with Gasteiger partial charge in [0, 0.05) is 36.1 Å². The number of nitrogens with one attached hydrogen (secondary N) is 4. The summed E-state index contributed by atoms with van der Waals surface area (Å²) in [6, 6.07) is 24.4. The van der Waals surface area contributed by atoms with E-state index in [-0.39, 0.29) is 43.4 Å². The van der Waals surface area contributed by atoms with Gasteiger partial charge in [0.05, 0.1) is 68.9 Å². The van der Waals surface area contributed by atoms with Gasteiger partial charge in [0.25, 0.3) is 5.91 Å². The molecule has 0 unspecified atom stereocenters. The molecule has 2 aliphatic heterocycles. The molecule has 4 N–H and O–H groups in total. The summed E-state index contributed by atoms with van der Waals surface area (Å²) in [5.41, 5.74) is 6.46. The van der Waals surface area contributed by atoms with E-state index in [2.05, 4.69) is 31.7 Å². The number of imidazole rings is 2. The third-order valence-electron chi connectivity index (χ3n) is 12.2. The minimum atomic E-state index is -0.904. The van der Waals surface area contributed by atoms with Crippen molar-refractivity contribution in [3.8, 4) is 33.8 Å². The van der Waals surface area contributed by atoms with Crippen LogP contribution in [0.25, 0.3) is 44.7 Å². The van der Waals surface area contributed by atoms with Crippen molar-refractivity contribution in [3.63, 3.8) is 0 Å². The second-order valence-corrected chi connectivity index (χ2v) is 16.5. The second-order valence-electron chi connectivity index (χ2n) is 16.5. The largest absolute Gasteiger partial charge is 0.453 e. The number of fused-ring (bicyclic) bond motifs is 1. The number of aromatic amines is 2. The number of H-pyrrole nitrogens is 2. The number of hydrogen-bond donors (Lipinski definition) is 4. The van der Waals surface area contributed by atoms with Crippen LogP contribution in [0.5, 0.6) is 0 Å². The zero-order chi connectivity index (χ0) is 46.5. The molecule has 3 aromatic carbocycles. The van der Waals surface area contributed by atoms with Gasteiger partial charge in [0.15, 0.2) is 0 Å². The van der Waals surface area contributed by atoms with Crippen molar-refractivity contribution in [1.29, 1.82) is 0 Å². The number of piperazine rings is 1. The van der Waals surface area contributed by atoms with Gasteiger partial charge in [-0.25, -0.2) is 29.3 Å². The van der Waals surface area contributed by atoms with Crippen molar-refractivity contribution < 1.29 is 38.2 Å². The highest BCUT2D eigenvalue weighted by Crippen LogP contribution is 2.35. The van der Waals surface area contributed by atoms with Crippen molar-refractivity contribution in [2.75, 3.05) is 47.5 Å². The van der Waals surface area contributed by atoms with Crippen molar-refractivity contribution in [3.05, 3.63) is 115 Å². The number of likely N-dealkylation sites (tertiary alicyclic amines) is 1. The number of nitrogens with zero attached hydrogens (tertiary/aromatic N) is 6. The van der Waals surface area contributed by atoms with Crippen molar-refractivity contribution in [1.82, 2.24) is 50.3 Å². The minimum Gasteiger partial charge on any atom is -0.453 e. The molecule has 2 saturated heterocycles. The first kappa shape index (κ1) is 44.8. The standard InChI is InChI=1S/C48H52N10O8/c1-28(2)40(54-46(61)64-3)44(59)58-23-22-56(48(63)66-5)27-39(58)43-50-25-36(52-43)30-15-13-29(14-16-30)34-19-17-32-24-33(18-20-35(32)51-34)37-26-49-42(53-37)38-12-9-21-57(38)45(60)41(55-47(62)65-4)31-10-7-6-8-11-31/h6-8,10-11,13-20,24-26,28,38-41H,9,12,21-23,27H2,1-5H3,(H,49,53)(H,50,52)(H,54,61)(H,55,62)/t38-,39-,40-,41+/m0/s1. The van der Waals surface area contributed by atoms with Crippen LogP contribution < -0.4 is 10.6 Å². The van der Waals surface area contributed by atoms with Crippen molar-refractivity contribution in [2.24, 2.45) is 5.92 Å². The van der Waals surface area contributed by atoms with Gasteiger partial charge in [-0.05, 0) is 48.1 Å². The second kappa shape index (κ2) is 19.5. The molecular formula is C48H52N10O8. The van der Waals surface area contributed by atoms with E-state index in [0.717, 1.165) is 51.8 Å². The number of methoxy groups -OCH3 is 3. The summed E-state index contributed by atoms with van der Waals surface area (Å²) >= 11 is 0. The monoisotopic (exact) mass is 896 g/mol. The van der Waals surface area contributed by atoms with Crippen LogP contribution in [0.3, 0.4) is 0 Å². The maximum Gasteiger partial charge on any atom is 0.409 e. The fourth-order valence-electron chi connectivity index (χ4n) is 8.62. The van der Waals surface area contributed by atoms with Gasteiger partial charge in [-0.1, -0.05) is 80.6 Å². The number of ether oxygens (including phenoxy) is 3. The number of aromatic nitrogens is 5. The summed E-state index contributed by atoms with van der Waals surface area (Å²) in [4.78, 5) is 91.0. The van der Waals surface area contributed by atoms with Crippen LogP contribution >= 0.6 is 0 Å². The summed E-state index contributed by atoms with van der Waals surface area (Å²) in [6.07, 6.45) is 3.09. The molecule has 5 amide bonds. The normalized spacial score (nSPS) is 17.0. The maximum atomic E-state index is 14.0. The van der Waals surface area contributed by atoms with Gasteiger partial charge in [-0.2, -0.15) is 0 Å². The van der Waals surface area contributed by atoms with E-state index in [1.165, 1.54) is 26.2 Å². The maximum absolute atomic E-state index is 14.0. The summed E-state index contributed by atoms with van der Waals surface area (Å²) < 4.78 is 14.6. The first-order valence-electron chi connectivity index (χ1n) is 21.8. The molecule has 4 atom stereocenters. The lowest BCUT2D eigenvalue weighted by Crippen LogP contribution is -2.58. The van der Waals surface area contributed by atoms with E-state index in [4.69, 9.17) is 24.2 Å². The first-order chi connectivity index (χ1) is 32.0. The van der Waals surface area contributed by atoms with Crippen LogP contribution in [-0.4, -0.2) is 123 Å². The Kier molecular flexibility index (Phi) is 13.3. The topological polar surface area (TPSA) is 217 Å². The molecule has 66 heavy (non-hydrogen) atoms. The van der Waals surface area contributed by atoms with E-state index in [1.807, 2.05) is 80.6 Å². The van der Waals surface area contributed by atoms with E-state index in [1.54, 1.807) is 34.3 Å². The molecule has 0 saturated carbocycles. The lowest BCUT2D eigenvalue weighted by Gasteiger charge is -2.41. The van der Waals surface area contributed by atoms with E-state index < -0.39 is 36.4 Å². The van der Waals surface area contributed by atoms with E-state index in [9.17, 15) is 24.0 Å². The molecule has 0 aliphatic carbocycles. The number of benzene rings is 3. The summed E-state index contributed by atoms with van der Waals surface area (Å²) in [5, 5.41) is 6.30. The quantitative estimate of drug-likeness (QED) is 0.0995. The van der Waals surface area contributed by atoms with Gasteiger partial charge in [-0.3, -0.25) is 9.59 Å². The van der Waals surface area contributed by atoms with E-state index >= 15 is 0 Å². The summed E-state index contributed by atoms with van der Waals surface area (Å²) in [7, 11) is 3.83. The molecule has 8 rings (SSSR count). The molecule has 3 aromatic heterocycles. The Morgan fingerprint density at radius 3 is 2.00 bits per heavy atom. The predicted octanol–water partition coefficient (Wildman–Crippen LogP) is 6.78. The average molecular weight is 897 g/mol. The highest BCUT2D eigenvalue weighted by atomic mass is 16.5. The number of hydrogen-bond acceptors (Lipinski definition) is 11. The predicted molar refractivity (Wildman–Crippen MR) is 243 cm³/mol. The molecule has 342 valence electrons. The number of carbonyl (C=O) groups excluding carboxylic acids is 5. The number of alkyl carbamates (subject to hydrolysis) is 2. The Morgan fingerprint density at radius 2 is 1.32 bits per heavy atom. The Balaban J connectivity index is 0.967. The molecule has 18 heteroatoms. The fourth-order valence-corrected chi connectivity index (χ4v) is 8.62. The molecule has 0 bridgehead atoms. The highest BCUT2D eigenvalue weighted by molar-refractivity contribution is 5.89. The molecule has 0 radical (unpaired) electrons. The van der Waals surface area contributed by atoms with Crippen LogP contribution in [0.15, 0.2) is 97.3 Å². The molecule has 2 fully saturated rings. The minimum absolute atomic E-state index is 0.141. The third kappa shape index (κ3) is 9.38. The lowest BCUT2D eigenvalue weighted by atomic mass is 10.0. The van der Waals surface area contributed by atoms with Crippen molar-refractivity contribution in [2.45, 2.75) is 50.9 Å². The number of amides is 5. The number of carbonyl (C=O) groups is 5. The Morgan fingerprint density at radius 1 is 0.682 bits per heavy atom. The van der Waals surface area contributed by atoms with Crippen LogP contribution in [0.1, 0.15) is 62.0 Å². The zero-order valence-electron chi connectivity index (χ0n) is 37.3. The molecule has 6 aromatic rings. The smallest absolute Gasteiger partial charge is 0.409 e. The van der Waals surface area contributed by atoms with E-state index in [0.29, 0.717) is 29.5 Å².